The van der Waals surface area contributed by atoms with Crippen LogP contribution in [-0.4, -0.2) is 25.3 Å². The zero-order chi connectivity index (χ0) is 14.0. The van der Waals surface area contributed by atoms with E-state index in [-0.39, 0.29) is 0 Å². The fourth-order valence-corrected chi connectivity index (χ4v) is 3.23. The largest absolute Gasteiger partial charge is 0.494 e. The number of ether oxygens (including phenoxy) is 1. The first-order chi connectivity index (χ1) is 8.92. The van der Waals surface area contributed by atoms with E-state index in [2.05, 4.69) is 9.71 Å². The molecule has 0 unspecified atom stereocenters. The Morgan fingerprint density at radius 3 is 2.79 bits per heavy atom. The Morgan fingerprint density at radius 1 is 1.42 bits per heavy atom. The fourth-order valence-electron chi connectivity index (χ4n) is 1.44. The lowest BCUT2D eigenvalue weighted by Gasteiger charge is -2.06. The van der Waals surface area contributed by atoms with Crippen LogP contribution in [0.25, 0.3) is 10.2 Å². The molecule has 1 aromatic heterocycles. The van der Waals surface area contributed by atoms with Crippen LogP contribution in [0.4, 0.5) is 5.13 Å². The Balaban J connectivity index is 2.32. The number of aromatic nitrogens is 1. The van der Waals surface area contributed by atoms with Crippen molar-refractivity contribution in [1.29, 1.82) is 0 Å². The molecule has 5 nitrogen and oxygen atoms in total. The molecular formula is C12H16N2O3S2. The van der Waals surface area contributed by atoms with E-state index in [4.69, 9.17) is 4.74 Å². The predicted molar refractivity (Wildman–Crippen MR) is 78.5 cm³/mol. The Morgan fingerprint density at radius 2 is 2.16 bits per heavy atom. The third-order valence-electron chi connectivity index (χ3n) is 2.52. The lowest BCUT2D eigenvalue weighted by Crippen LogP contribution is -2.22. The number of fused-ring (bicyclic) bond motifs is 1. The molecule has 0 radical (unpaired) electrons. The van der Waals surface area contributed by atoms with Crippen molar-refractivity contribution in [2.45, 2.75) is 26.0 Å². The van der Waals surface area contributed by atoms with Crippen LogP contribution < -0.4 is 9.46 Å². The van der Waals surface area contributed by atoms with Gasteiger partial charge in [-0.2, -0.15) is 0 Å². The van der Waals surface area contributed by atoms with Crippen LogP contribution >= 0.6 is 11.3 Å². The van der Waals surface area contributed by atoms with Gasteiger partial charge < -0.3 is 4.74 Å². The van der Waals surface area contributed by atoms with Crippen LogP contribution in [-0.2, 0) is 10.0 Å². The van der Waals surface area contributed by atoms with Gasteiger partial charge in [-0.1, -0.05) is 11.3 Å². The molecule has 0 fully saturated rings. The van der Waals surface area contributed by atoms with Crippen molar-refractivity contribution >= 4 is 36.7 Å². The SMILES string of the molecule is CCOc1ccc2nc(NS(=O)(=O)C(C)C)sc2c1. The van der Waals surface area contributed by atoms with E-state index >= 15 is 0 Å². The zero-order valence-corrected chi connectivity index (χ0v) is 12.6. The molecule has 0 amide bonds. The minimum Gasteiger partial charge on any atom is -0.494 e. The van der Waals surface area contributed by atoms with Gasteiger partial charge in [0.25, 0.3) is 0 Å². The van der Waals surface area contributed by atoms with Gasteiger partial charge in [0.05, 0.1) is 22.1 Å². The Bertz CT molecular complexity index is 677. The molecule has 104 valence electrons. The zero-order valence-electron chi connectivity index (χ0n) is 11.0. The summed E-state index contributed by atoms with van der Waals surface area (Å²) in [5.74, 6) is 0.761. The third kappa shape index (κ3) is 3.16. The first-order valence-corrected chi connectivity index (χ1v) is 8.33. The molecule has 1 aromatic carbocycles. The van der Waals surface area contributed by atoms with E-state index in [1.54, 1.807) is 13.8 Å². The highest BCUT2D eigenvalue weighted by atomic mass is 32.2. The second-order valence-corrected chi connectivity index (χ2v) is 7.54. The summed E-state index contributed by atoms with van der Waals surface area (Å²) in [4.78, 5) is 4.25. The maximum atomic E-state index is 11.8. The van der Waals surface area contributed by atoms with Crippen molar-refractivity contribution in [3.8, 4) is 5.75 Å². The predicted octanol–water partition coefficient (Wildman–Crippen LogP) is 2.85. The van der Waals surface area contributed by atoms with Crippen molar-refractivity contribution in [2.24, 2.45) is 0 Å². The summed E-state index contributed by atoms with van der Waals surface area (Å²) < 4.78 is 32.3. The highest BCUT2D eigenvalue weighted by Gasteiger charge is 2.17. The van der Waals surface area contributed by atoms with E-state index in [9.17, 15) is 8.42 Å². The van der Waals surface area contributed by atoms with Gasteiger partial charge in [0.1, 0.15) is 5.75 Å². The van der Waals surface area contributed by atoms with Crippen LogP contribution in [0.15, 0.2) is 18.2 Å². The van der Waals surface area contributed by atoms with Gasteiger partial charge in [0, 0.05) is 0 Å². The number of hydrogen-bond donors (Lipinski definition) is 1. The number of sulfonamides is 1. The number of thiazole rings is 1. The van der Waals surface area contributed by atoms with E-state index in [1.165, 1.54) is 11.3 Å². The van der Waals surface area contributed by atoms with Gasteiger partial charge in [-0.3, -0.25) is 4.72 Å². The lowest BCUT2D eigenvalue weighted by atomic mass is 10.3. The molecule has 0 saturated carbocycles. The van der Waals surface area contributed by atoms with Crippen molar-refractivity contribution in [3.63, 3.8) is 0 Å². The molecule has 0 bridgehead atoms. The normalized spacial score (nSPS) is 12.0. The standard InChI is InChI=1S/C12H16N2O3S2/c1-4-17-9-5-6-10-11(7-9)18-12(13-10)14-19(15,16)8(2)3/h5-8H,4H2,1-3H3,(H,13,14). The molecule has 1 heterocycles. The van der Waals surface area contributed by atoms with Gasteiger partial charge >= 0.3 is 0 Å². The van der Waals surface area contributed by atoms with Crippen molar-refractivity contribution in [1.82, 2.24) is 4.98 Å². The summed E-state index contributed by atoms with van der Waals surface area (Å²) in [7, 11) is -3.35. The monoisotopic (exact) mass is 300 g/mol. The molecule has 0 spiro atoms. The number of nitrogens with zero attached hydrogens (tertiary/aromatic N) is 1. The van der Waals surface area contributed by atoms with Crippen LogP contribution in [0.5, 0.6) is 5.75 Å². The smallest absolute Gasteiger partial charge is 0.236 e. The van der Waals surface area contributed by atoms with Crippen molar-refractivity contribution in [3.05, 3.63) is 18.2 Å². The number of benzene rings is 1. The Hall–Kier alpha value is -1.34. The third-order valence-corrected chi connectivity index (χ3v) is 5.30. The van der Waals surface area contributed by atoms with Gasteiger partial charge in [0.15, 0.2) is 5.13 Å². The van der Waals surface area contributed by atoms with Crippen molar-refractivity contribution < 1.29 is 13.2 Å². The lowest BCUT2D eigenvalue weighted by molar-refractivity contribution is 0.341. The molecule has 0 saturated heterocycles. The first-order valence-electron chi connectivity index (χ1n) is 5.97. The summed E-state index contributed by atoms with van der Waals surface area (Å²) >= 11 is 1.30. The molecule has 0 aliphatic heterocycles. The number of anilines is 1. The summed E-state index contributed by atoms with van der Waals surface area (Å²) in [5.41, 5.74) is 0.759. The van der Waals surface area contributed by atoms with E-state index in [0.717, 1.165) is 16.0 Å². The van der Waals surface area contributed by atoms with Crippen LogP contribution in [0.1, 0.15) is 20.8 Å². The molecule has 0 aliphatic rings. The number of rotatable bonds is 5. The molecule has 0 aliphatic carbocycles. The van der Waals surface area contributed by atoms with E-state index in [0.29, 0.717) is 11.7 Å². The first kappa shape index (κ1) is 14.1. The molecule has 2 aromatic rings. The van der Waals surface area contributed by atoms with Crippen LogP contribution in [0.3, 0.4) is 0 Å². The summed E-state index contributed by atoms with van der Waals surface area (Å²) in [6.07, 6.45) is 0. The second kappa shape index (κ2) is 5.34. The van der Waals surface area contributed by atoms with E-state index in [1.807, 2.05) is 25.1 Å². The molecule has 1 N–H and O–H groups in total. The van der Waals surface area contributed by atoms with Gasteiger partial charge in [-0.05, 0) is 39.0 Å². The molecule has 2 rings (SSSR count). The van der Waals surface area contributed by atoms with Gasteiger partial charge in [-0.15, -0.1) is 0 Å². The molecule has 19 heavy (non-hydrogen) atoms. The van der Waals surface area contributed by atoms with Crippen LogP contribution in [0.2, 0.25) is 0 Å². The average molecular weight is 300 g/mol. The highest BCUT2D eigenvalue weighted by molar-refractivity contribution is 7.93. The Kier molecular flexibility index (Phi) is 3.96. The summed E-state index contributed by atoms with van der Waals surface area (Å²) in [5, 5.41) is -0.101. The molecule has 0 atom stereocenters. The van der Waals surface area contributed by atoms with Gasteiger partial charge in [0.2, 0.25) is 10.0 Å². The number of nitrogens with one attached hydrogen (secondary N) is 1. The minimum atomic E-state index is -3.35. The maximum absolute atomic E-state index is 11.8. The fraction of sp³-hybridized carbons (Fsp3) is 0.417. The molecular weight excluding hydrogens is 284 g/mol. The Labute approximate surface area is 116 Å². The minimum absolute atomic E-state index is 0.386. The number of hydrogen-bond acceptors (Lipinski definition) is 5. The van der Waals surface area contributed by atoms with Crippen molar-refractivity contribution in [2.75, 3.05) is 11.3 Å². The second-order valence-electron chi connectivity index (χ2n) is 4.28. The van der Waals surface area contributed by atoms with Gasteiger partial charge in [-0.25, -0.2) is 13.4 Å². The highest BCUT2D eigenvalue weighted by Crippen LogP contribution is 2.30. The maximum Gasteiger partial charge on any atom is 0.236 e. The molecule has 7 heteroatoms. The quantitative estimate of drug-likeness (QED) is 0.922. The summed E-state index contributed by atoms with van der Waals surface area (Å²) in [6, 6.07) is 5.51. The summed E-state index contributed by atoms with van der Waals surface area (Å²) in [6.45, 7) is 5.77. The average Bonchev–Trinajstić information content (AvgIpc) is 2.69. The topological polar surface area (TPSA) is 68.3 Å². The van der Waals surface area contributed by atoms with Crippen LogP contribution in [0, 0.1) is 0 Å². The van der Waals surface area contributed by atoms with E-state index < -0.39 is 15.3 Å².